The van der Waals surface area contributed by atoms with Crippen LogP contribution in [0.2, 0.25) is 0 Å². The van der Waals surface area contributed by atoms with Gasteiger partial charge in [-0.3, -0.25) is 9.98 Å². The molecule has 4 heteroatoms. The molecule has 0 aliphatic rings. The molecule has 0 aliphatic heterocycles. The predicted molar refractivity (Wildman–Crippen MR) is 175 cm³/mol. The van der Waals surface area contributed by atoms with Crippen molar-refractivity contribution < 1.29 is 8.97 Å². The lowest BCUT2D eigenvalue weighted by atomic mass is 10.1. The van der Waals surface area contributed by atoms with Crippen LogP contribution >= 0.6 is 0 Å². The van der Waals surface area contributed by atoms with Gasteiger partial charge in [0.15, 0.2) is 0 Å². The highest BCUT2D eigenvalue weighted by Gasteiger charge is 2.16. The second-order valence-electron chi connectivity index (χ2n) is 12.0. The highest BCUT2D eigenvalue weighted by atomic mass is 15.3. The van der Waals surface area contributed by atoms with Crippen molar-refractivity contribution in [3.63, 3.8) is 0 Å². The largest absolute Gasteiger partial charge is 0.325 e. The zero-order valence-corrected chi connectivity index (χ0v) is 25.1. The first-order valence-electron chi connectivity index (χ1n) is 14.3. The molecule has 0 bridgehead atoms. The molecule has 0 spiro atoms. The van der Waals surface area contributed by atoms with E-state index in [9.17, 15) is 0 Å². The molecule has 0 unspecified atom stereocenters. The molecule has 3 aromatic carbocycles. The van der Waals surface area contributed by atoms with Gasteiger partial charge in [-0.05, 0) is 22.3 Å². The van der Waals surface area contributed by atoms with Gasteiger partial charge in [-0.25, -0.2) is 0 Å². The minimum atomic E-state index is 0.843. The maximum atomic E-state index is 4.67. The van der Waals surface area contributed by atoms with Crippen molar-refractivity contribution in [1.29, 1.82) is 0 Å². The van der Waals surface area contributed by atoms with Gasteiger partial charge in [-0.1, -0.05) is 98.1 Å². The number of benzene rings is 3. The maximum absolute atomic E-state index is 4.67. The molecule has 3 rings (SSSR count). The molecule has 0 saturated heterocycles. The van der Waals surface area contributed by atoms with Crippen molar-refractivity contribution in [3.05, 3.63) is 119 Å². The van der Waals surface area contributed by atoms with E-state index in [0.29, 0.717) is 0 Å². The third-order valence-electron chi connectivity index (χ3n) is 7.17. The van der Waals surface area contributed by atoms with Gasteiger partial charge in [0.2, 0.25) is 0 Å². The van der Waals surface area contributed by atoms with Crippen LogP contribution in [-0.4, -0.2) is 75.8 Å². The number of aliphatic imine (C=N–C) groups is 2. The van der Waals surface area contributed by atoms with Crippen LogP contribution in [0.25, 0.3) is 12.2 Å². The lowest BCUT2D eigenvalue weighted by Crippen LogP contribution is -2.39. The fourth-order valence-electron chi connectivity index (χ4n) is 4.85. The quantitative estimate of drug-likeness (QED) is 0.106. The van der Waals surface area contributed by atoms with Crippen molar-refractivity contribution in [2.24, 2.45) is 9.98 Å². The minimum absolute atomic E-state index is 0.843. The van der Waals surface area contributed by atoms with Gasteiger partial charge in [0.05, 0.1) is 41.3 Å². The van der Waals surface area contributed by atoms with Crippen molar-refractivity contribution in [2.45, 2.75) is 25.9 Å². The first-order chi connectivity index (χ1) is 19.2. The molecule has 210 valence electrons. The molecular weight excluding hydrogens is 488 g/mol. The Morgan fingerprint density at radius 2 is 0.850 bits per heavy atom. The Hall–Kier alpha value is -3.60. The minimum Gasteiger partial charge on any atom is -0.325 e. The zero-order valence-electron chi connectivity index (χ0n) is 25.1. The van der Waals surface area contributed by atoms with Crippen molar-refractivity contribution in [2.75, 3.05) is 54.4 Å². The molecule has 0 atom stereocenters. The maximum Gasteiger partial charge on any atom is 0.104 e. The van der Waals surface area contributed by atoms with Gasteiger partial charge in [-0.2, -0.15) is 0 Å². The number of hydrogen-bond acceptors (Lipinski definition) is 2. The van der Waals surface area contributed by atoms with Gasteiger partial charge in [0, 0.05) is 49.5 Å². The smallest absolute Gasteiger partial charge is 0.104 e. The molecule has 0 aromatic heterocycles. The summed E-state index contributed by atoms with van der Waals surface area (Å²) in [7, 11) is 9.15. The number of hydrogen-bond donors (Lipinski definition) is 0. The molecule has 0 heterocycles. The van der Waals surface area contributed by atoms with E-state index in [0.717, 1.165) is 72.2 Å². The highest BCUT2D eigenvalue weighted by Crippen LogP contribution is 2.14. The summed E-state index contributed by atoms with van der Waals surface area (Å²) in [5.74, 6) is 0. The normalized spacial score (nSPS) is 12.3. The van der Waals surface area contributed by atoms with Gasteiger partial charge in [-0.15, -0.1) is 0 Å². The Morgan fingerprint density at radius 3 is 1.18 bits per heavy atom. The van der Waals surface area contributed by atoms with Gasteiger partial charge in [0.1, 0.15) is 13.1 Å². The summed E-state index contributed by atoms with van der Waals surface area (Å²) in [5, 5.41) is 0. The van der Waals surface area contributed by atoms with Crippen LogP contribution < -0.4 is 0 Å². The summed E-state index contributed by atoms with van der Waals surface area (Å²) in [6.07, 6.45) is 9.88. The Labute approximate surface area is 242 Å². The SMILES string of the molecule is C=Cc1ccc(C[N+](C)(C)CCCN=Cc2ccc(C=NCCC[N+](C)(C)Cc3ccc(C=C)cc3)cc2)cc1. The lowest BCUT2D eigenvalue weighted by molar-refractivity contribution is -0.903. The van der Waals surface area contributed by atoms with Crippen LogP contribution in [0, 0.1) is 0 Å². The van der Waals surface area contributed by atoms with Crippen molar-refractivity contribution in [1.82, 2.24) is 0 Å². The summed E-state index contributed by atoms with van der Waals surface area (Å²) in [5.41, 5.74) is 7.32. The van der Waals surface area contributed by atoms with E-state index in [1.807, 2.05) is 24.6 Å². The second-order valence-corrected chi connectivity index (χ2v) is 12.0. The highest BCUT2D eigenvalue weighted by molar-refractivity contribution is 5.84. The van der Waals surface area contributed by atoms with Gasteiger partial charge >= 0.3 is 0 Å². The molecule has 40 heavy (non-hydrogen) atoms. The first-order valence-corrected chi connectivity index (χ1v) is 14.3. The van der Waals surface area contributed by atoms with Crippen LogP contribution in [0.3, 0.4) is 0 Å². The van der Waals surface area contributed by atoms with Crippen LogP contribution in [0.4, 0.5) is 0 Å². The van der Waals surface area contributed by atoms with E-state index in [-0.39, 0.29) is 0 Å². The molecular formula is C36H48N4+2. The standard InChI is InChI=1S/C36H48N4/c1-7-31-11-19-35(20-12-31)29-39(3,4)25-9-23-37-27-33-15-17-34(18-16-33)28-38-24-10-26-40(5,6)30-36-21-13-32(8-2)14-22-36/h7-8,11-22,27-28H,1-2,9-10,23-26,29-30H2,3-6H3/q+2. The topological polar surface area (TPSA) is 24.7 Å². The van der Waals surface area contributed by atoms with Crippen LogP contribution in [0.15, 0.2) is 95.9 Å². The fraction of sp³-hybridized carbons (Fsp3) is 0.333. The lowest BCUT2D eigenvalue weighted by Gasteiger charge is -2.29. The average Bonchev–Trinajstić information content (AvgIpc) is 2.94. The van der Waals surface area contributed by atoms with Crippen LogP contribution in [-0.2, 0) is 13.1 Å². The monoisotopic (exact) mass is 536 g/mol. The van der Waals surface area contributed by atoms with Crippen molar-refractivity contribution >= 4 is 24.6 Å². The van der Waals surface area contributed by atoms with E-state index >= 15 is 0 Å². The summed E-state index contributed by atoms with van der Waals surface area (Å²) >= 11 is 0. The Morgan fingerprint density at radius 1 is 0.525 bits per heavy atom. The first kappa shape index (κ1) is 30.9. The van der Waals surface area contributed by atoms with E-state index < -0.39 is 0 Å². The Bertz CT molecular complexity index is 1150. The third kappa shape index (κ3) is 11.3. The Kier molecular flexibility index (Phi) is 11.8. The molecule has 0 radical (unpaired) electrons. The van der Waals surface area contributed by atoms with Gasteiger partial charge in [0.25, 0.3) is 0 Å². The molecule has 3 aromatic rings. The summed E-state index contributed by atoms with van der Waals surface area (Å²) < 4.78 is 1.91. The van der Waals surface area contributed by atoms with Gasteiger partial charge < -0.3 is 8.97 Å². The molecule has 0 amide bonds. The average molecular weight is 537 g/mol. The molecule has 4 nitrogen and oxygen atoms in total. The number of quaternary nitrogens is 2. The third-order valence-corrected chi connectivity index (χ3v) is 7.17. The Balaban J connectivity index is 1.34. The molecule has 0 fully saturated rings. The summed E-state index contributed by atoms with van der Waals surface area (Å²) in [4.78, 5) is 9.33. The molecule has 0 aliphatic carbocycles. The van der Waals surface area contributed by atoms with E-state index in [1.54, 1.807) is 0 Å². The zero-order chi connectivity index (χ0) is 28.8. The van der Waals surface area contributed by atoms with Crippen molar-refractivity contribution in [3.8, 4) is 0 Å². The summed E-state index contributed by atoms with van der Waals surface area (Å²) in [6.45, 7) is 13.6. The fourth-order valence-corrected chi connectivity index (χ4v) is 4.85. The number of nitrogens with zero attached hydrogens (tertiary/aromatic N) is 4. The molecule has 0 N–H and O–H groups in total. The second kappa shape index (κ2) is 15.3. The summed E-state index contributed by atoms with van der Waals surface area (Å²) in [6, 6.07) is 25.8. The number of rotatable bonds is 16. The van der Waals surface area contributed by atoms with Crippen LogP contribution in [0.5, 0.6) is 0 Å². The van der Waals surface area contributed by atoms with Crippen LogP contribution in [0.1, 0.15) is 46.2 Å². The van der Waals surface area contributed by atoms with E-state index in [1.165, 1.54) is 22.3 Å². The predicted octanol–water partition coefficient (Wildman–Crippen LogP) is 7.14. The van der Waals surface area contributed by atoms with E-state index in [4.69, 9.17) is 0 Å². The van der Waals surface area contributed by atoms with E-state index in [2.05, 4.69) is 124 Å². The molecule has 0 saturated carbocycles.